The molecule has 1 aliphatic rings. The van der Waals surface area contributed by atoms with E-state index in [4.69, 9.17) is 5.26 Å². The van der Waals surface area contributed by atoms with Crippen molar-refractivity contribution in [1.82, 2.24) is 9.29 Å². The minimum Gasteiger partial charge on any atom is -0.354 e. The first-order chi connectivity index (χ1) is 11.9. The van der Waals surface area contributed by atoms with Gasteiger partial charge in [-0.05, 0) is 46.3 Å². The van der Waals surface area contributed by atoms with Crippen molar-refractivity contribution in [1.29, 1.82) is 5.26 Å². The van der Waals surface area contributed by atoms with Gasteiger partial charge < -0.3 is 4.90 Å². The number of halogens is 2. The highest BCUT2D eigenvalue weighted by molar-refractivity contribution is 9.11. The number of benzene rings is 1. The van der Waals surface area contributed by atoms with Gasteiger partial charge in [-0.15, -0.1) is 0 Å². The molecule has 1 fully saturated rings. The van der Waals surface area contributed by atoms with E-state index in [0.29, 0.717) is 46.5 Å². The molecule has 0 amide bonds. The number of anilines is 1. The summed E-state index contributed by atoms with van der Waals surface area (Å²) in [5.74, 6) is 0.694. The van der Waals surface area contributed by atoms with E-state index in [1.54, 1.807) is 36.5 Å². The van der Waals surface area contributed by atoms with Crippen molar-refractivity contribution < 1.29 is 8.42 Å². The van der Waals surface area contributed by atoms with Gasteiger partial charge in [0.15, 0.2) is 0 Å². The van der Waals surface area contributed by atoms with Crippen LogP contribution in [0.4, 0.5) is 5.82 Å². The summed E-state index contributed by atoms with van der Waals surface area (Å²) in [6.07, 6.45) is 1.59. The van der Waals surface area contributed by atoms with Crippen LogP contribution < -0.4 is 4.90 Å². The predicted molar refractivity (Wildman–Crippen MR) is 102 cm³/mol. The summed E-state index contributed by atoms with van der Waals surface area (Å²) in [5.41, 5.74) is 0.540. The molecule has 1 aromatic carbocycles. The van der Waals surface area contributed by atoms with E-state index in [9.17, 15) is 8.42 Å². The average molecular weight is 486 g/mol. The summed E-state index contributed by atoms with van der Waals surface area (Å²) in [6, 6.07) is 10.6. The molecule has 0 atom stereocenters. The molecule has 25 heavy (non-hydrogen) atoms. The molecule has 0 unspecified atom stereocenters. The van der Waals surface area contributed by atoms with Crippen molar-refractivity contribution in [2.24, 2.45) is 0 Å². The fraction of sp³-hybridized carbons (Fsp3) is 0.250. The van der Waals surface area contributed by atoms with Gasteiger partial charge >= 0.3 is 0 Å². The van der Waals surface area contributed by atoms with Crippen LogP contribution in [0, 0.1) is 11.3 Å². The van der Waals surface area contributed by atoms with Crippen LogP contribution in [0.25, 0.3) is 0 Å². The molecular weight excluding hydrogens is 472 g/mol. The van der Waals surface area contributed by atoms with Crippen molar-refractivity contribution in [3.8, 4) is 6.07 Å². The number of sulfonamides is 1. The lowest BCUT2D eigenvalue weighted by Gasteiger charge is -2.34. The Labute approximate surface area is 163 Å². The zero-order chi connectivity index (χ0) is 18.0. The van der Waals surface area contributed by atoms with E-state index in [0.717, 1.165) is 0 Å². The monoisotopic (exact) mass is 484 g/mol. The SMILES string of the molecule is N#Cc1ccnc(N2CCN(S(=O)(=O)c3cc(Br)ccc3Br)CC2)c1. The highest BCUT2D eigenvalue weighted by Crippen LogP contribution is 2.29. The third-order valence-electron chi connectivity index (χ3n) is 3.95. The molecule has 0 bridgehead atoms. The molecule has 3 rings (SSSR count). The molecule has 9 heteroatoms. The molecule has 6 nitrogen and oxygen atoms in total. The Kier molecular flexibility index (Phi) is 5.43. The second-order valence-corrected chi connectivity index (χ2v) is 9.16. The van der Waals surface area contributed by atoms with Crippen molar-refractivity contribution >= 4 is 47.7 Å². The minimum atomic E-state index is -3.58. The third-order valence-corrected chi connectivity index (χ3v) is 7.33. The largest absolute Gasteiger partial charge is 0.354 e. The van der Waals surface area contributed by atoms with Crippen LogP contribution in [-0.2, 0) is 10.0 Å². The van der Waals surface area contributed by atoms with Crippen LogP contribution in [0.15, 0.2) is 50.4 Å². The zero-order valence-electron chi connectivity index (χ0n) is 13.1. The van der Waals surface area contributed by atoms with E-state index in [1.165, 1.54) is 4.31 Å². The van der Waals surface area contributed by atoms with E-state index in [-0.39, 0.29) is 4.90 Å². The molecular formula is C16H14Br2N4O2S. The van der Waals surface area contributed by atoms with Gasteiger partial charge in [0.25, 0.3) is 0 Å². The van der Waals surface area contributed by atoms with E-state index < -0.39 is 10.0 Å². The smallest absolute Gasteiger partial charge is 0.244 e. The second-order valence-electron chi connectivity index (χ2n) is 5.48. The normalized spacial score (nSPS) is 15.8. The Balaban J connectivity index is 1.77. The van der Waals surface area contributed by atoms with E-state index in [1.807, 2.05) is 4.90 Å². The summed E-state index contributed by atoms with van der Waals surface area (Å²) in [6.45, 7) is 1.76. The highest BCUT2D eigenvalue weighted by Gasteiger charge is 2.30. The molecule has 0 aliphatic carbocycles. The van der Waals surface area contributed by atoms with Crippen LogP contribution in [0.3, 0.4) is 0 Å². The number of nitrogens with zero attached hydrogens (tertiary/aromatic N) is 4. The van der Waals surface area contributed by atoms with E-state index >= 15 is 0 Å². The summed E-state index contributed by atoms with van der Waals surface area (Å²) in [4.78, 5) is 6.51. The zero-order valence-corrected chi connectivity index (χ0v) is 17.1. The summed E-state index contributed by atoms with van der Waals surface area (Å²) >= 11 is 6.64. The fourth-order valence-electron chi connectivity index (χ4n) is 2.63. The average Bonchev–Trinajstić information content (AvgIpc) is 2.63. The van der Waals surface area contributed by atoms with Gasteiger partial charge in [0, 0.05) is 41.3 Å². The molecule has 0 radical (unpaired) electrons. The van der Waals surface area contributed by atoms with Gasteiger partial charge in [0.1, 0.15) is 5.82 Å². The maximum atomic E-state index is 12.9. The van der Waals surface area contributed by atoms with Gasteiger partial charge in [-0.2, -0.15) is 9.57 Å². The van der Waals surface area contributed by atoms with Gasteiger partial charge in [-0.1, -0.05) is 15.9 Å². The molecule has 0 N–H and O–H groups in total. The lowest BCUT2D eigenvalue weighted by Crippen LogP contribution is -2.49. The van der Waals surface area contributed by atoms with Gasteiger partial charge in [0.05, 0.1) is 16.5 Å². The van der Waals surface area contributed by atoms with Crippen LogP contribution in [0.2, 0.25) is 0 Å². The first kappa shape index (κ1) is 18.3. The minimum absolute atomic E-state index is 0.250. The second kappa shape index (κ2) is 7.41. The summed E-state index contributed by atoms with van der Waals surface area (Å²) in [7, 11) is -3.58. The number of hydrogen-bond donors (Lipinski definition) is 0. The van der Waals surface area contributed by atoms with Gasteiger partial charge in [-0.25, -0.2) is 13.4 Å². The first-order valence-corrected chi connectivity index (χ1v) is 10.5. The van der Waals surface area contributed by atoms with Crippen molar-refractivity contribution in [2.75, 3.05) is 31.1 Å². The van der Waals surface area contributed by atoms with E-state index in [2.05, 4.69) is 42.9 Å². The van der Waals surface area contributed by atoms with Crippen LogP contribution in [0.1, 0.15) is 5.56 Å². The Morgan fingerprint density at radius 2 is 1.80 bits per heavy atom. The Morgan fingerprint density at radius 1 is 1.08 bits per heavy atom. The first-order valence-electron chi connectivity index (χ1n) is 7.48. The molecule has 0 spiro atoms. The number of aromatic nitrogens is 1. The van der Waals surface area contributed by atoms with Crippen LogP contribution >= 0.6 is 31.9 Å². The van der Waals surface area contributed by atoms with Crippen LogP contribution in [0.5, 0.6) is 0 Å². The maximum Gasteiger partial charge on any atom is 0.244 e. The number of piperazine rings is 1. The molecule has 0 saturated carbocycles. The molecule has 2 aromatic rings. The lowest BCUT2D eigenvalue weighted by molar-refractivity contribution is 0.383. The number of nitriles is 1. The van der Waals surface area contributed by atoms with Crippen LogP contribution in [-0.4, -0.2) is 43.9 Å². The molecule has 1 aliphatic heterocycles. The number of rotatable bonds is 3. The summed E-state index contributed by atoms with van der Waals surface area (Å²) in [5, 5.41) is 8.99. The number of hydrogen-bond acceptors (Lipinski definition) is 5. The van der Waals surface area contributed by atoms with Crippen molar-refractivity contribution in [3.63, 3.8) is 0 Å². The topological polar surface area (TPSA) is 77.3 Å². The molecule has 1 saturated heterocycles. The molecule has 2 heterocycles. The Bertz CT molecular complexity index is 935. The van der Waals surface area contributed by atoms with Gasteiger partial charge in [0.2, 0.25) is 10.0 Å². The Hall–Kier alpha value is -1.47. The number of pyridine rings is 1. The quantitative estimate of drug-likeness (QED) is 0.667. The third kappa shape index (κ3) is 3.87. The highest BCUT2D eigenvalue weighted by atomic mass is 79.9. The maximum absolute atomic E-state index is 12.9. The lowest BCUT2D eigenvalue weighted by atomic mass is 10.2. The standard InChI is InChI=1S/C16H14Br2N4O2S/c17-13-1-2-14(18)15(10-13)25(23,24)22-7-5-21(6-8-22)16-9-12(11-19)3-4-20-16/h1-4,9-10H,5-8H2. The molecule has 1 aromatic heterocycles. The molecule has 130 valence electrons. The Morgan fingerprint density at radius 3 is 2.48 bits per heavy atom. The fourth-order valence-corrected chi connectivity index (χ4v) is 5.52. The van der Waals surface area contributed by atoms with Gasteiger partial charge in [-0.3, -0.25) is 0 Å². The predicted octanol–water partition coefficient (Wildman–Crippen LogP) is 2.99. The van der Waals surface area contributed by atoms with Crippen molar-refractivity contribution in [2.45, 2.75) is 4.90 Å². The van der Waals surface area contributed by atoms with Crippen molar-refractivity contribution in [3.05, 3.63) is 51.0 Å². The summed E-state index contributed by atoms with van der Waals surface area (Å²) < 4.78 is 28.5.